The van der Waals surface area contributed by atoms with Crippen LogP contribution in [0.5, 0.6) is 5.75 Å². The Bertz CT molecular complexity index is 372. The molecular formula is C16H23O. The predicted octanol–water partition coefficient (Wildman–Crippen LogP) is 4.50. The summed E-state index contributed by atoms with van der Waals surface area (Å²) in [5.41, 5.74) is 2.39. The summed E-state index contributed by atoms with van der Waals surface area (Å²) < 4.78 is 5.76. The second kappa shape index (κ2) is 5.90. The van der Waals surface area contributed by atoms with E-state index in [-0.39, 0.29) is 5.41 Å². The lowest BCUT2D eigenvalue weighted by molar-refractivity contribution is 0.308. The van der Waals surface area contributed by atoms with Crippen LogP contribution in [0.4, 0.5) is 0 Å². The van der Waals surface area contributed by atoms with E-state index in [1.807, 2.05) is 6.07 Å². The highest BCUT2D eigenvalue weighted by molar-refractivity contribution is 5.39. The van der Waals surface area contributed by atoms with Crippen molar-refractivity contribution < 1.29 is 4.74 Å². The lowest BCUT2D eigenvalue weighted by Crippen LogP contribution is -2.11. The Morgan fingerprint density at radius 2 is 1.94 bits per heavy atom. The summed E-state index contributed by atoms with van der Waals surface area (Å²) in [5.74, 6) is 0.928. The molecule has 0 bridgehead atoms. The molecule has 0 heterocycles. The molecule has 93 valence electrons. The topological polar surface area (TPSA) is 9.23 Å². The van der Waals surface area contributed by atoms with Crippen molar-refractivity contribution in [2.75, 3.05) is 6.61 Å². The molecule has 0 amide bonds. The Morgan fingerprint density at radius 3 is 2.47 bits per heavy atom. The van der Waals surface area contributed by atoms with Gasteiger partial charge < -0.3 is 4.74 Å². The average molecular weight is 231 g/mol. The number of hydrogen-bond donors (Lipinski definition) is 0. The first-order valence-electron chi connectivity index (χ1n) is 6.29. The average Bonchev–Trinajstić information content (AvgIpc) is 2.28. The molecule has 1 aromatic rings. The molecule has 0 spiro atoms. The third-order valence-corrected chi connectivity index (χ3v) is 2.74. The number of unbranched alkanes of at least 4 members (excludes halogenated alkanes) is 1. The molecule has 0 fully saturated rings. The standard InChI is InChI=1S/C16H23O/c1-6-8-9-17-15-11-13(7-2)10-14(12-15)16(3,4)5/h10-12H,2,6,8-9H2,1,3-5H3. The summed E-state index contributed by atoms with van der Waals surface area (Å²) in [6, 6.07) is 6.24. The molecule has 0 aromatic heterocycles. The van der Waals surface area contributed by atoms with Crippen LogP contribution in [0.1, 0.15) is 51.7 Å². The molecule has 0 unspecified atom stereocenters. The third kappa shape index (κ3) is 4.26. The molecule has 0 N–H and O–H groups in total. The van der Waals surface area contributed by atoms with E-state index in [2.05, 4.69) is 52.5 Å². The Morgan fingerprint density at radius 1 is 1.24 bits per heavy atom. The van der Waals surface area contributed by atoms with Gasteiger partial charge in [-0.05, 0) is 41.2 Å². The monoisotopic (exact) mass is 231 g/mol. The van der Waals surface area contributed by atoms with Gasteiger partial charge >= 0.3 is 0 Å². The van der Waals surface area contributed by atoms with Gasteiger partial charge in [0.2, 0.25) is 0 Å². The Hall–Kier alpha value is -1.24. The summed E-state index contributed by atoms with van der Waals surface area (Å²) >= 11 is 0. The Kier molecular flexibility index (Phi) is 4.80. The summed E-state index contributed by atoms with van der Waals surface area (Å²) in [4.78, 5) is 0. The molecule has 1 heteroatoms. The highest BCUT2D eigenvalue weighted by atomic mass is 16.5. The van der Waals surface area contributed by atoms with Gasteiger partial charge in [0.1, 0.15) is 5.75 Å². The first-order valence-corrected chi connectivity index (χ1v) is 6.29. The van der Waals surface area contributed by atoms with Crippen molar-refractivity contribution in [1.82, 2.24) is 0 Å². The van der Waals surface area contributed by atoms with Crippen LogP contribution in [0.3, 0.4) is 0 Å². The molecule has 0 aliphatic carbocycles. The fraction of sp³-hybridized carbons (Fsp3) is 0.500. The molecule has 0 saturated carbocycles. The van der Waals surface area contributed by atoms with Crippen molar-refractivity contribution in [3.63, 3.8) is 0 Å². The van der Waals surface area contributed by atoms with Crippen LogP contribution >= 0.6 is 0 Å². The molecule has 1 rings (SSSR count). The van der Waals surface area contributed by atoms with Crippen molar-refractivity contribution in [2.45, 2.75) is 46.0 Å². The van der Waals surface area contributed by atoms with E-state index in [9.17, 15) is 0 Å². The zero-order chi connectivity index (χ0) is 12.9. The van der Waals surface area contributed by atoms with Crippen molar-refractivity contribution >= 4 is 0 Å². The summed E-state index contributed by atoms with van der Waals surface area (Å²) in [5, 5.41) is 0. The van der Waals surface area contributed by atoms with E-state index in [0.717, 1.165) is 30.8 Å². The van der Waals surface area contributed by atoms with E-state index >= 15 is 0 Å². The van der Waals surface area contributed by atoms with E-state index < -0.39 is 0 Å². The Labute approximate surface area is 106 Å². The summed E-state index contributed by atoms with van der Waals surface area (Å²) in [6.45, 7) is 13.3. The van der Waals surface area contributed by atoms with Crippen molar-refractivity contribution in [3.05, 3.63) is 42.0 Å². The molecular weight excluding hydrogens is 208 g/mol. The van der Waals surface area contributed by atoms with Gasteiger partial charge in [-0.15, -0.1) is 0 Å². The largest absolute Gasteiger partial charge is 0.494 e. The highest BCUT2D eigenvalue weighted by Crippen LogP contribution is 2.27. The molecule has 0 aliphatic heterocycles. The maximum Gasteiger partial charge on any atom is 0.120 e. The number of benzene rings is 1. The fourth-order valence-corrected chi connectivity index (χ4v) is 1.55. The normalized spacial score (nSPS) is 11.3. The lowest BCUT2D eigenvalue weighted by atomic mass is 9.86. The number of ether oxygens (including phenoxy) is 1. The third-order valence-electron chi connectivity index (χ3n) is 2.74. The minimum absolute atomic E-state index is 0.121. The second-order valence-electron chi connectivity index (χ2n) is 5.37. The van der Waals surface area contributed by atoms with Crippen molar-refractivity contribution in [3.8, 4) is 5.75 Å². The van der Waals surface area contributed by atoms with Gasteiger partial charge in [0, 0.05) is 0 Å². The quantitative estimate of drug-likeness (QED) is 0.678. The molecule has 0 saturated heterocycles. The van der Waals surface area contributed by atoms with Gasteiger partial charge in [-0.1, -0.05) is 46.8 Å². The van der Waals surface area contributed by atoms with Crippen molar-refractivity contribution in [2.24, 2.45) is 0 Å². The van der Waals surface area contributed by atoms with Crippen LogP contribution in [0.15, 0.2) is 24.8 Å². The van der Waals surface area contributed by atoms with Crippen LogP contribution in [0.25, 0.3) is 0 Å². The second-order valence-corrected chi connectivity index (χ2v) is 5.37. The van der Waals surface area contributed by atoms with Crippen LogP contribution in [-0.4, -0.2) is 6.61 Å². The molecule has 1 radical (unpaired) electrons. The van der Waals surface area contributed by atoms with Gasteiger partial charge in [-0.2, -0.15) is 0 Å². The Balaban J connectivity index is 2.93. The minimum Gasteiger partial charge on any atom is -0.494 e. The van der Waals surface area contributed by atoms with E-state index in [4.69, 9.17) is 4.74 Å². The molecule has 0 atom stereocenters. The lowest BCUT2D eigenvalue weighted by Gasteiger charge is -2.20. The van der Waals surface area contributed by atoms with Crippen LogP contribution in [-0.2, 0) is 5.41 Å². The zero-order valence-electron chi connectivity index (χ0n) is 11.5. The fourth-order valence-electron chi connectivity index (χ4n) is 1.55. The van der Waals surface area contributed by atoms with Gasteiger partial charge in [-0.25, -0.2) is 0 Å². The molecule has 0 aliphatic rings. The predicted molar refractivity (Wildman–Crippen MR) is 73.5 cm³/mol. The smallest absolute Gasteiger partial charge is 0.120 e. The van der Waals surface area contributed by atoms with E-state index in [1.165, 1.54) is 5.56 Å². The molecule has 1 nitrogen and oxygen atoms in total. The zero-order valence-corrected chi connectivity index (χ0v) is 11.5. The van der Waals surface area contributed by atoms with Gasteiger partial charge in [0.05, 0.1) is 6.61 Å². The first-order chi connectivity index (χ1) is 7.97. The molecule has 17 heavy (non-hydrogen) atoms. The maximum absolute atomic E-state index is 5.76. The van der Waals surface area contributed by atoms with Crippen LogP contribution in [0, 0.1) is 6.08 Å². The number of hydrogen-bond acceptors (Lipinski definition) is 1. The van der Waals surface area contributed by atoms with Gasteiger partial charge in [-0.3, -0.25) is 0 Å². The summed E-state index contributed by atoms with van der Waals surface area (Å²) in [7, 11) is 0. The first kappa shape index (κ1) is 13.8. The van der Waals surface area contributed by atoms with Crippen LogP contribution < -0.4 is 4.74 Å². The maximum atomic E-state index is 5.76. The van der Waals surface area contributed by atoms with Gasteiger partial charge in [0.15, 0.2) is 0 Å². The number of rotatable bonds is 5. The summed E-state index contributed by atoms with van der Waals surface area (Å²) in [6.07, 6.45) is 5.18. The van der Waals surface area contributed by atoms with Gasteiger partial charge in [0.25, 0.3) is 0 Å². The highest BCUT2D eigenvalue weighted by Gasteiger charge is 2.15. The van der Waals surface area contributed by atoms with E-state index in [1.54, 1.807) is 0 Å². The van der Waals surface area contributed by atoms with E-state index in [0.29, 0.717) is 0 Å². The van der Waals surface area contributed by atoms with Crippen molar-refractivity contribution in [1.29, 1.82) is 0 Å². The minimum atomic E-state index is 0.121. The SMILES string of the molecule is C=[C]c1cc(OCCCC)cc(C(C)(C)C)c1. The van der Waals surface area contributed by atoms with Crippen LogP contribution in [0.2, 0.25) is 0 Å². The molecule has 1 aromatic carbocycles.